The van der Waals surface area contributed by atoms with E-state index in [1.165, 1.54) is 0 Å². The normalized spacial score (nSPS) is 26.6. The van der Waals surface area contributed by atoms with Crippen LogP contribution in [0, 0.1) is 5.92 Å². The Bertz CT molecular complexity index is 350. The highest BCUT2D eigenvalue weighted by molar-refractivity contribution is 5.80. The summed E-state index contributed by atoms with van der Waals surface area (Å²) in [5.41, 5.74) is 5.77. The average molecular weight is 224 g/mol. The van der Waals surface area contributed by atoms with Crippen LogP contribution in [-0.2, 0) is 9.53 Å². The van der Waals surface area contributed by atoms with Crippen LogP contribution in [0.25, 0.3) is 0 Å². The molecular formula is C11H16N2O3. The van der Waals surface area contributed by atoms with Crippen molar-refractivity contribution in [3.63, 3.8) is 0 Å². The molecule has 0 aromatic carbocycles. The minimum atomic E-state index is -0.252. The predicted octanol–water partition coefficient (Wildman–Crippen LogP) is 0.431. The van der Waals surface area contributed by atoms with Crippen LogP contribution < -0.4 is 11.1 Å². The van der Waals surface area contributed by atoms with Crippen molar-refractivity contribution in [2.45, 2.75) is 19.0 Å². The smallest absolute Gasteiger partial charge is 0.227 e. The van der Waals surface area contributed by atoms with E-state index in [0.717, 1.165) is 5.76 Å². The fraction of sp³-hybridized carbons (Fsp3) is 0.545. The van der Waals surface area contributed by atoms with Gasteiger partial charge in [-0.2, -0.15) is 0 Å². The molecule has 3 atom stereocenters. The number of furan rings is 1. The number of hydrogen-bond acceptors (Lipinski definition) is 4. The lowest BCUT2D eigenvalue weighted by molar-refractivity contribution is -0.126. The van der Waals surface area contributed by atoms with E-state index in [-0.39, 0.29) is 23.9 Å². The number of carbonyl (C=O) groups is 1. The predicted molar refractivity (Wildman–Crippen MR) is 57.6 cm³/mol. The molecule has 1 aliphatic rings. The standard InChI is InChI=1S/C11H16N2O3/c1-7(10-3-2-4-16-10)13-11(14)8-5-15-6-9(8)12/h2-4,7-9H,5-6,12H2,1H3,(H,13,14)/t7-,8?,9?/m1/s1. The van der Waals surface area contributed by atoms with Crippen molar-refractivity contribution in [3.05, 3.63) is 24.2 Å². The number of hydrogen-bond donors (Lipinski definition) is 2. The Morgan fingerprint density at radius 2 is 2.44 bits per heavy atom. The van der Waals surface area contributed by atoms with Crippen molar-refractivity contribution in [2.24, 2.45) is 11.7 Å². The Hall–Kier alpha value is -1.33. The lowest BCUT2D eigenvalue weighted by Gasteiger charge is -2.16. The fourth-order valence-electron chi connectivity index (χ4n) is 1.77. The highest BCUT2D eigenvalue weighted by atomic mass is 16.5. The maximum absolute atomic E-state index is 11.8. The monoisotopic (exact) mass is 224 g/mol. The van der Waals surface area contributed by atoms with Gasteiger partial charge in [-0.3, -0.25) is 4.79 Å². The first kappa shape index (κ1) is 11.2. The van der Waals surface area contributed by atoms with Gasteiger partial charge in [-0.25, -0.2) is 0 Å². The summed E-state index contributed by atoms with van der Waals surface area (Å²) < 4.78 is 10.4. The molecule has 1 aliphatic heterocycles. The Balaban J connectivity index is 1.92. The van der Waals surface area contributed by atoms with E-state index in [0.29, 0.717) is 13.2 Å². The fourth-order valence-corrected chi connectivity index (χ4v) is 1.77. The number of amides is 1. The molecule has 0 bridgehead atoms. The molecular weight excluding hydrogens is 208 g/mol. The lowest BCUT2D eigenvalue weighted by Crippen LogP contribution is -2.41. The van der Waals surface area contributed by atoms with Gasteiger partial charge >= 0.3 is 0 Å². The van der Waals surface area contributed by atoms with Crippen LogP contribution in [0.5, 0.6) is 0 Å². The number of rotatable bonds is 3. The Morgan fingerprint density at radius 1 is 1.62 bits per heavy atom. The summed E-state index contributed by atoms with van der Waals surface area (Å²) in [4.78, 5) is 11.8. The van der Waals surface area contributed by atoms with Crippen molar-refractivity contribution < 1.29 is 13.9 Å². The molecule has 1 aromatic heterocycles. The summed E-state index contributed by atoms with van der Waals surface area (Å²) >= 11 is 0. The van der Waals surface area contributed by atoms with Crippen molar-refractivity contribution in [2.75, 3.05) is 13.2 Å². The number of ether oxygens (including phenoxy) is 1. The van der Waals surface area contributed by atoms with Gasteiger partial charge in [-0.1, -0.05) is 0 Å². The zero-order chi connectivity index (χ0) is 11.5. The van der Waals surface area contributed by atoms with Crippen molar-refractivity contribution >= 4 is 5.91 Å². The summed E-state index contributed by atoms with van der Waals surface area (Å²) in [7, 11) is 0. The molecule has 2 rings (SSSR count). The molecule has 5 nitrogen and oxygen atoms in total. The summed E-state index contributed by atoms with van der Waals surface area (Å²) in [6.07, 6.45) is 1.59. The molecule has 2 heterocycles. The summed E-state index contributed by atoms with van der Waals surface area (Å²) in [6, 6.07) is 3.28. The van der Waals surface area contributed by atoms with Gasteiger partial charge in [0, 0.05) is 6.04 Å². The maximum atomic E-state index is 11.8. The molecule has 5 heteroatoms. The molecule has 3 N–H and O–H groups in total. The Labute approximate surface area is 93.9 Å². The molecule has 0 aliphatic carbocycles. The van der Waals surface area contributed by atoms with Crippen LogP contribution in [0.3, 0.4) is 0 Å². The third kappa shape index (κ3) is 2.25. The maximum Gasteiger partial charge on any atom is 0.227 e. The average Bonchev–Trinajstić information content (AvgIpc) is 2.86. The second-order valence-electron chi connectivity index (χ2n) is 4.05. The minimum absolute atomic E-state index is 0.0751. The first-order chi connectivity index (χ1) is 7.68. The molecule has 1 amide bonds. The molecule has 1 saturated heterocycles. The number of nitrogens with two attached hydrogens (primary N) is 1. The minimum Gasteiger partial charge on any atom is -0.467 e. The van der Waals surface area contributed by atoms with Crippen molar-refractivity contribution in [1.29, 1.82) is 0 Å². The largest absolute Gasteiger partial charge is 0.467 e. The zero-order valence-corrected chi connectivity index (χ0v) is 9.18. The third-order valence-electron chi connectivity index (χ3n) is 2.79. The van der Waals surface area contributed by atoms with Crippen LogP contribution in [0.1, 0.15) is 18.7 Å². The summed E-state index contributed by atoms with van der Waals surface area (Å²) in [5.74, 6) is 0.409. The topological polar surface area (TPSA) is 77.5 Å². The second-order valence-corrected chi connectivity index (χ2v) is 4.05. The van der Waals surface area contributed by atoms with Gasteiger partial charge in [0.1, 0.15) is 5.76 Å². The van der Waals surface area contributed by atoms with Gasteiger partial charge in [-0.05, 0) is 19.1 Å². The van der Waals surface area contributed by atoms with Crippen LogP contribution in [0.15, 0.2) is 22.8 Å². The van der Waals surface area contributed by atoms with E-state index in [9.17, 15) is 4.79 Å². The summed E-state index contributed by atoms with van der Waals surface area (Å²) in [5, 5.41) is 2.86. The van der Waals surface area contributed by atoms with Crippen molar-refractivity contribution in [3.8, 4) is 0 Å². The van der Waals surface area contributed by atoms with Gasteiger partial charge < -0.3 is 20.2 Å². The van der Waals surface area contributed by atoms with E-state index < -0.39 is 0 Å². The first-order valence-electron chi connectivity index (χ1n) is 5.35. The second kappa shape index (κ2) is 4.67. The van der Waals surface area contributed by atoms with Gasteiger partial charge in [0.2, 0.25) is 5.91 Å². The SMILES string of the molecule is C[C@@H](NC(=O)C1COCC1N)c1ccco1. The van der Waals surface area contributed by atoms with Gasteiger partial charge in [0.15, 0.2) is 0 Å². The van der Waals surface area contributed by atoms with E-state index >= 15 is 0 Å². The highest BCUT2D eigenvalue weighted by Crippen LogP contribution is 2.16. The molecule has 0 spiro atoms. The van der Waals surface area contributed by atoms with E-state index in [4.69, 9.17) is 14.9 Å². The van der Waals surface area contributed by atoms with Gasteiger partial charge in [0.05, 0.1) is 31.4 Å². The highest BCUT2D eigenvalue weighted by Gasteiger charge is 2.32. The number of nitrogens with one attached hydrogen (secondary N) is 1. The van der Waals surface area contributed by atoms with Gasteiger partial charge in [-0.15, -0.1) is 0 Å². The van der Waals surface area contributed by atoms with Crippen LogP contribution in [0.2, 0.25) is 0 Å². The number of carbonyl (C=O) groups excluding carboxylic acids is 1. The Morgan fingerprint density at radius 3 is 3.00 bits per heavy atom. The molecule has 88 valence electrons. The zero-order valence-electron chi connectivity index (χ0n) is 9.18. The van der Waals surface area contributed by atoms with Crippen LogP contribution >= 0.6 is 0 Å². The van der Waals surface area contributed by atoms with E-state index in [2.05, 4.69) is 5.32 Å². The molecule has 1 aromatic rings. The molecule has 0 saturated carbocycles. The quantitative estimate of drug-likeness (QED) is 0.780. The summed E-state index contributed by atoms with van der Waals surface area (Å²) in [6.45, 7) is 2.73. The molecule has 16 heavy (non-hydrogen) atoms. The van der Waals surface area contributed by atoms with Gasteiger partial charge in [0.25, 0.3) is 0 Å². The van der Waals surface area contributed by atoms with Crippen LogP contribution in [0.4, 0.5) is 0 Å². The molecule has 1 fully saturated rings. The first-order valence-corrected chi connectivity index (χ1v) is 5.35. The lowest BCUT2D eigenvalue weighted by atomic mass is 10.0. The molecule has 2 unspecified atom stereocenters. The van der Waals surface area contributed by atoms with E-state index in [1.807, 2.05) is 13.0 Å². The Kier molecular flexibility index (Phi) is 3.26. The van der Waals surface area contributed by atoms with E-state index in [1.54, 1.807) is 12.3 Å². The third-order valence-corrected chi connectivity index (χ3v) is 2.79. The van der Waals surface area contributed by atoms with Crippen LogP contribution in [-0.4, -0.2) is 25.2 Å². The van der Waals surface area contributed by atoms with Crippen molar-refractivity contribution in [1.82, 2.24) is 5.32 Å². The molecule has 0 radical (unpaired) electrons.